The summed E-state index contributed by atoms with van der Waals surface area (Å²) >= 11 is 0. The number of alkyl halides is 3. The Kier molecular flexibility index (Phi) is 3.55. The van der Waals surface area contributed by atoms with Crippen molar-refractivity contribution in [3.8, 4) is 5.75 Å². The number of nitrogens with one attached hydrogen (secondary N) is 1. The van der Waals surface area contributed by atoms with E-state index in [1.807, 2.05) is 0 Å². The Balaban J connectivity index is 2.24. The molecule has 1 aliphatic rings. The molecule has 2 rings (SSSR count). The van der Waals surface area contributed by atoms with Crippen LogP contribution in [0.2, 0.25) is 0 Å². The van der Waals surface area contributed by atoms with E-state index in [9.17, 15) is 31.9 Å². The Bertz CT molecular complexity index is 546. The Morgan fingerprint density at radius 3 is 2.60 bits per heavy atom. The number of rotatable bonds is 1. The molecule has 0 saturated carbocycles. The van der Waals surface area contributed by atoms with Crippen LogP contribution < -0.4 is 10.1 Å². The Hall–Kier alpha value is -1.90. The molecule has 1 aromatic rings. The number of carbonyl (C=O) groups is 1. The summed E-state index contributed by atoms with van der Waals surface area (Å²) in [6, 6.07) is -0.215. The van der Waals surface area contributed by atoms with Crippen LogP contribution in [0, 0.1) is 11.6 Å². The highest BCUT2D eigenvalue weighted by Crippen LogP contribution is 2.35. The van der Waals surface area contributed by atoms with E-state index >= 15 is 0 Å². The summed E-state index contributed by atoms with van der Waals surface area (Å²) in [6.07, 6.45) is -6.84. The average molecular weight is 297 g/mol. The van der Waals surface area contributed by atoms with Crippen LogP contribution in [-0.4, -0.2) is 29.8 Å². The van der Waals surface area contributed by atoms with E-state index in [0.29, 0.717) is 6.07 Å². The van der Waals surface area contributed by atoms with Gasteiger partial charge in [-0.05, 0) is 6.07 Å². The fourth-order valence-electron chi connectivity index (χ4n) is 1.80. The van der Waals surface area contributed by atoms with Crippen LogP contribution in [0.3, 0.4) is 0 Å². The van der Waals surface area contributed by atoms with Crippen LogP contribution in [0.25, 0.3) is 0 Å². The summed E-state index contributed by atoms with van der Waals surface area (Å²) in [4.78, 5) is 10.8. The van der Waals surface area contributed by atoms with Crippen LogP contribution in [0.5, 0.6) is 5.75 Å². The molecule has 0 aromatic heterocycles. The van der Waals surface area contributed by atoms with Gasteiger partial charge in [-0.2, -0.15) is 13.2 Å². The lowest BCUT2D eigenvalue weighted by Gasteiger charge is -2.31. The summed E-state index contributed by atoms with van der Waals surface area (Å²) in [5.41, 5.74) is -0.360. The van der Waals surface area contributed by atoms with Crippen LogP contribution in [0.15, 0.2) is 12.1 Å². The Morgan fingerprint density at radius 2 is 2.00 bits per heavy atom. The molecule has 110 valence electrons. The molecule has 1 amide bonds. The molecule has 1 aromatic carbocycles. The molecule has 0 fully saturated rings. The maximum atomic E-state index is 13.3. The molecule has 1 unspecified atom stereocenters. The van der Waals surface area contributed by atoms with Gasteiger partial charge in [-0.25, -0.2) is 8.78 Å². The van der Waals surface area contributed by atoms with Gasteiger partial charge in [-0.1, -0.05) is 0 Å². The number of fused-ring (bicyclic) bond motifs is 1. The highest BCUT2D eigenvalue weighted by molar-refractivity contribution is 5.82. The third-order valence-corrected chi connectivity index (χ3v) is 2.72. The molecule has 4 nitrogen and oxygen atoms in total. The van der Waals surface area contributed by atoms with Gasteiger partial charge in [-0.3, -0.25) is 4.79 Å². The second-order valence-corrected chi connectivity index (χ2v) is 4.14. The minimum absolute atomic E-state index is 0.360. The van der Waals surface area contributed by atoms with Gasteiger partial charge in [0.1, 0.15) is 18.5 Å². The number of aliphatic hydroxyl groups excluding tert-OH is 1. The summed E-state index contributed by atoms with van der Waals surface area (Å²) in [6.45, 7) is -0.571. The van der Waals surface area contributed by atoms with E-state index in [0.717, 1.165) is 6.07 Å². The first-order valence-corrected chi connectivity index (χ1v) is 5.37. The minimum Gasteiger partial charge on any atom is -0.488 e. The van der Waals surface area contributed by atoms with Crippen LogP contribution in [0.1, 0.15) is 11.7 Å². The molecule has 1 heterocycles. The van der Waals surface area contributed by atoms with Crippen molar-refractivity contribution in [3.63, 3.8) is 0 Å². The predicted molar refractivity (Wildman–Crippen MR) is 54.8 cm³/mol. The molecule has 0 aliphatic carbocycles. The van der Waals surface area contributed by atoms with E-state index in [1.54, 1.807) is 0 Å². The van der Waals surface area contributed by atoms with Crippen molar-refractivity contribution in [1.82, 2.24) is 5.32 Å². The lowest BCUT2D eigenvalue weighted by atomic mass is 9.98. The van der Waals surface area contributed by atoms with Crippen molar-refractivity contribution >= 4 is 5.91 Å². The third-order valence-electron chi connectivity index (χ3n) is 2.72. The standard InChI is InChI=1S/C11H8F5NO3/c12-4-1-5-8(18)7(17-10(19)11(14,15)16)3-20-9(5)6(13)2-4/h1-2,7-8,18H,3H2,(H,17,19)/t7-,8?/m0/s1. The molecule has 9 heteroatoms. The molecule has 0 bridgehead atoms. The second-order valence-electron chi connectivity index (χ2n) is 4.14. The lowest BCUT2D eigenvalue weighted by molar-refractivity contribution is -0.175. The van der Waals surface area contributed by atoms with Gasteiger partial charge in [0.25, 0.3) is 0 Å². The second kappa shape index (κ2) is 4.89. The van der Waals surface area contributed by atoms with E-state index in [2.05, 4.69) is 0 Å². The SMILES string of the molecule is O=C(N[C@H]1COc2c(F)cc(F)cc2C1O)C(F)(F)F. The molecular weight excluding hydrogens is 289 g/mol. The number of hydrogen-bond donors (Lipinski definition) is 2. The van der Waals surface area contributed by atoms with E-state index in [4.69, 9.17) is 4.74 Å². The minimum atomic E-state index is -5.13. The number of carbonyl (C=O) groups excluding carboxylic acids is 1. The fourth-order valence-corrected chi connectivity index (χ4v) is 1.80. The van der Waals surface area contributed by atoms with Gasteiger partial charge in [0.2, 0.25) is 0 Å². The zero-order valence-electron chi connectivity index (χ0n) is 9.67. The molecule has 1 aliphatic heterocycles. The summed E-state index contributed by atoms with van der Waals surface area (Å²) in [5.74, 6) is -4.83. The third kappa shape index (κ3) is 2.67. The van der Waals surface area contributed by atoms with Gasteiger partial charge in [0.15, 0.2) is 11.6 Å². The normalized spacial score (nSPS) is 21.9. The Morgan fingerprint density at radius 1 is 1.35 bits per heavy atom. The number of ether oxygens (including phenoxy) is 1. The monoisotopic (exact) mass is 297 g/mol. The molecule has 2 N–H and O–H groups in total. The predicted octanol–water partition coefficient (Wildman–Crippen LogP) is 1.44. The molecule has 20 heavy (non-hydrogen) atoms. The van der Waals surface area contributed by atoms with Crippen molar-refractivity contribution in [1.29, 1.82) is 0 Å². The first kappa shape index (κ1) is 14.5. The first-order chi connectivity index (χ1) is 9.20. The van der Waals surface area contributed by atoms with Crippen LogP contribution in [-0.2, 0) is 4.79 Å². The molecule has 2 atom stereocenters. The smallest absolute Gasteiger partial charge is 0.471 e. The van der Waals surface area contributed by atoms with Gasteiger partial charge in [0.05, 0.1) is 6.04 Å². The van der Waals surface area contributed by atoms with Crippen LogP contribution in [0.4, 0.5) is 22.0 Å². The van der Waals surface area contributed by atoms with E-state index < -0.39 is 48.2 Å². The first-order valence-electron chi connectivity index (χ1n) is 5.37. The number of hydrogen-bond acceptors (Lipinski definition) is 3. The van der Waals surface area contributed by atoms with Crippen LogP contribution >= 0.6 is 0 Å². The van der Waals surface area contributed by atoms with Gasteiger partial charge in [-0.15, -0.1) is 0 Å². The highest BCUT2D eigenvalue weighted by atomic mass is 19.4. The lowest BCUT2D eigenvalue weighted by Crippen LogP contribution is -2.50. The van der Waals surface area contributed by atoms with Crippen molar-refractivity contribution in [3.05, 3.63) is 29.3 Å². The summed E-state index contributed by atoms with van der Waals surface area (Å²) in [5, 5.41) is 11.3. The molecule has 0 saturated heterocycles. The van der Waals surface area contributed by atoms with Crippen molar-refractivity contribution < 1.29 is 36.6 Å². The Labute approximate surface area is 109 Å². The topological polar surface area (TPSA) is 58.6 Å². The quantitative estimate of drug-likeness (QED) is 0.771. The van der Waals surface area contributed by atoms with Crippen molar-refractivity contribution in [2.24, 2.45) is 0 Å². The highest BCUT2D eigenvalue weighted by Gasteiger charge is 2.42. The number of benzene rings is 1. The van der Waals surface area contributed by atoms with Gasteiger partial charge < -0.3 is 15.2 Å². The van der Waals surface area contributed by atoms with E-state index in [1.165, 1.54) is 5.32 Å². The molecule has 0 spiro atoms. The maximum Gasteiger partial charge on any atom is 0.471 e. The molecular formula is C11H8F5NO3. The summed E-state index contributed by atoms with van der Waals surface area (Å²) < 4.78 is 67.5. The largest absolute Gasteiger partial charge is 0.488 e. The van der Waals surface area contributed by atoms with Gasteiger partial charge in [0, 0.05) is 11.6 Å². The number of halogens is 5. The summed E-state index contributed by atoms with van der Waals surface area (Å²) in [7, 11) is 0. The zero-order chi connectivity index (χ0) is 15.1. The zero-order valence-corrected chi connectivity index (χ0v) is 9.67. The average Bonchev–Trinajstić information content (AvgIpc) is 2.32. The molecule has 0 radical (unpaired) electrons. The maximum absolute atomic E-state index is 13.3. The van der Waals surface area contributed by atoms with Gasteiger partial charge >= 0.3 is 12.1 Å². The number of aliphatic hydroxyl groups is 1. The number of amides is 1. The van der Waals surface area contributed by atoms with Crippen molar-refractivity contribution in [2.75, 3.05) is 6.61 Å². The van der Waals surface area contributed by atoms with E-state index in [-0.39, 0.29) is 5.56 Å². The fraction of sp³-hybridized carbons (Fsp3) is 0.364. The van der Waals surface area contributed by atoms with Crippen molar-refractivity contribution in [2.45, 2.75) is 18.3 Å².